The van der Waals surface area contributed by atoms with Crippen molar-refractivity contribution in [1.29, 1.82) is 0 Å². The lowest BCUT2D eigenvalue weighted by molar-refractivity contribution is 0.609. The third-order valence-corrected chi connectivity index (χ3v) is 3.12. The quantitative estimate of drug-likeness (QED) is 0.793. The van der Waals surface area contributed by atoms with Gasteiger partial charge in [0.25, 0.3) is 0 Å². The van der Waals surface area contributed by atoms with E-state index < -0.39 is 0 Å². The second kappa shape index (κ2) is 3.48. The van der Waals surface area contributed by atoms with Gasteiger partial charge in [0.1, 0.15) is 0 Å². The molecule has 1 aliphatic carbocycles. The molecule has 76 valence electrons. The SMILES string of the molecule is CC(C1CC1)N(C)c1ccncc1N. The fourth-order valence-electron chi connectivity index (χ4n) is 1.83. The Morgan fingerprint density at radius 1 is 1.57 bits per heavy atom. The molecule has 1 fully saturated rings. The van der Waals surface area contributed by atoms with Gasteiger partial charge in [0.05, 0.1) is 17.6 Å². The Morgan fingerprint density at radius 3 is 2.86 bits per heavy atom. The summed E-state index contributed by atoms with van der Waals surface area (Å²) in [5.41, 5.74) is 7.74. The molecule has 1 saturated carbocycles. The Balaban J connectivity index is 2.17. The number of aromatic nitrogens is 1. The molecule has 3 nitrogen and oxygen atoms in total. The minimum Gasteiger partial charge on any atom is -0.396 e. The van der Waals surface area contributed by atoms with Crippen molar-refractivity contribution in [2.45, 2.75) is 25.8 Å². The minimum absolute atomic E-state index is 0.583. The molecule has 0 saturated heterocycles. The van der Waals surface area contributed by atoms with E-state index in [-0.39, 0.29) is 0 Å². The molecule has 1 aliphatic rings. The van der Waals surface area contributed by atoms with E-state index in [0.29, 0.717) is 6.04 Å². The third kappa shape index (κ3) is 1.67. The van der Waals surface area contributed by atoms with E-state index in [1.165, 1.54) is 12.8 Å². The van der Waals surface area contributed by atoms with Gasteiger partial charge in [-0.15, -0.1) is 0 Å². The van der Waals surface area contributed by atoms with Gasteiger partial charge in [-0.1, -0.05) is 0 Å². The second-order valence-corrected chi connectivity index (χ2v) is 4.12. The summed E-state index contributed by atoms with van der Waals surface area (Å²) >= 11 is 0. The average molecular weight is 191 g/mol. The molecule has 1 unspecified atom stereocenters. The van der Waals surface area contributed by atoms with Crippen LogP contribution in [0.15, 0.2) is 18.5 Å². The fraction of sp³-hybridized carbons (Fsp3) is 0.545. The van der Waals surface area contributed by atoms with Crippen molar-refractivity contribution >= 4 is 11.4 Å². The van der Waals surface area contributed by atoms with Crippen molar-refractivity contribution in [2.24, 2.45) is 5.92 Å². The van der Waals surface area contributed by atoms with Crippen LogP contribution in [0.4, 0.5) is 11.4 Å². The van der Waals surface area contributed by atoms with E-state index in [9.17, 15) is 0 Å². The van der Waals surface area contributed by atoms with Crippen LogP contribution in [0.5, 0.6) is 0 Å². The molecule has 1 heterocycles. The maximum absolute atomic E-state index is 5.88. The molecular weight excluding hydrogens is 174 g/mol. The molecule has 1 aromatic heterocycles. The number of nitrogens with zero attached hydrogens (tertiary/aromatic N) is 2. The molecular formula is C11H17N3. The van der Waals surface area contributed by atoms with Crippen LogP contribution >= 0.6 is 0 Å². The lowest BCUT2D eigenvalue weighted by atomic mass is 10.1. The largest absolute Gasteiger partial charge is 0.396 e. The van der Waals surface area contributed by atoms with Crippen molar-refractivity contribution < 1.29 is 0 Å². The van der Waals surface area contributed by atoms with Gasteiger partial charge in [-0.3, -0.25) is 4.98 Å². The molecule has 3 heteroatoms. The zero-order chi connectivity index (χ0) is 10.1. The van der Waals surface area contributed by atoms with Crippen molar-refractivity contribution in [2.75, 3.05) is 17.7 Å². The normalized spacial score (nSPS) is 17.9. The predicted octanol–water partition coefficient (Wildman–Crippen LogP) is 1.90. The number of hydrogen-bond acceptors (Lipinski definition) is 3. The number of hydrogen-bond donors (Lipinski definition) is 1. The van der Waals surface area contributed by atoms with Crippen molar-refractivity contribution in [3.63, 3.8) is 0 Å². The highest BCUT2D eigenvalue weighted by molar-refractivity contribution is 5.66. The van der Waals surface area contributed by atoms with E-state index in [1.807, 2.05) is 6.07 Å². The molecule has 0 radical (unpaired) electrons. The maximum Gasteiger partial charge on any atom is 0.0738 e. The van der Waals surface area contributed by atoms with Crippen LogP contribution in [0, 0.1) is 5.92 Å². The second-order valence-electron chi connectivity index (χ2n) is 4.12. The Kier molecular flexibility index (Phi) is 2.32. The van der Waals surface area contributed by atoms with Gasteiger partial charge in [0.15, 0.2) is 0 Å². The standard InChI is InChI=1S/C11H17N3/c1-8(9-3-4-9)14(2)11-5-6-13-7-10(11)12/h5-9H,3-4,12H2,1-2H3. The zero-order valence-electron chi connectivity index (χ0n) is 8.77. The first-order valence-corrected chi connectivity index (χ1v) is 5.12. The van der Waals surface area contributed by atoms with Gasteiger partial charge in [-0.05, 0) is 31.7 Å². The smallest absolute Gasteiger partial charge is 0.0738 e. The highest BCUT2D eigenvalue weighted by atomic mass is 15.1. The van der Waals surface area contributed by atoms with Crippen molar-refractivity contribution in [3.05, 3.63) is 18.5 Å². The molecule has 0 bridgehead atoms. The molecule has 1 aromatic rings. The number of nitrogen functional groups attached to an aromatic ring is 1. The fourth-order valence-corrected chi connectivity index (χ4v) is 1.83. The van der Waals surface area contributed by atoms with Gasteiger partial charge in [-0.25, -0.2) is 0 Å². The number of anilines is 2. The molecule has 0 aromatic carbocycles. The van der Waals surface area contributed by atoms with E-state index in [4.69, 9.17) is 5.73 Å². The highest BCUT2D eigenvalue weighted by Crippen LogP contribution is 2.37. The molecule has 0 amide bonds. The van der Waals surface area contributed by atoms with E-state index >= 15 is 0 Å². The first-order valence-electron chi connectivity index (χ1n) is 5.12. The third-order valence-electron chi connectivity index (χ3n) is 3.12. The molecule has 1 atom stereocenters. The van der Waals surface area contributed by atoms with Crippen molar-refractivity contribution in [3.8, 4) is 0 Å². The topological polar surface area (TPSA) is 42.2 Å². The van der Waals surface area contributed by atoms with Crippen LogP contribution in [-0.2, 0) is 0 Å². The summed E-state index contributed by atoms with van der Waals surface area (Å²) in [6.45, 7) is 2.26. The summed E-state index contributed by atoms with van der Waals surface area (Å²) in [7, 11) is 2.11. The summed E-state index contributed by atoms with van der Waals surface area (Å²) < 4.78 is 0. The number of nitrogens with two attached hydrogens (primary N) is 1. The predicted molar refractivity (Wildman–Crippen MR) is 59.2 cm³/mol. The Labute approximate surface area is 84.9 Å². The van der Waals surface area contributed by atoms with Crippen molar-refractivity contribution in [1.82, 2.24) is 4.98 Å². The van der Waals surface area contributed by atoms with E-state index in [2.05, 4.69) is 23.9 Å². The monoisotopic (exact) mass is 191 g/mol. The summed E-state index contributed by atoms with van der Waals surface area (Å²) in [5, 5.41) is 0. The zero-order valence-corrected chi connectivity index (χ0v) is 8.77. The maximum atomic E-state index is 5.88. The van der Waals surface area contributed by atoms with Crippen LogP contribution < -0.4 is 10.6 Å². The van der Waals surface area contributed by atoms with Gasteiger partial charge in [-0.2, -0.15) is 0 Å². The van der Waals surface area contributed by atoms with E-state index in [0.717, 1.165) is 17.3 Å². The van der Waals surface area contributed by atoms with E-state index in [1.54, 1.807) is 12.4 Å². The highest BCUT2D eigenvalue weighted by Gasteiger charge is 2.31. The summed E-state index contributed by atoms with van der Waals surface area (Å²) in [6, 6.07) is 2.56. The minimum atomic E-state index is 0.583. The molecule has 2 N–H and O–H groups in total. The van der Waals surface area contributed by atoms with Crippen LogP contribution in [0.25, 0.3) is 0 Å². The first kappa shape index (κ1) is 9.31. The van der Waals surface area contributed by atoms with Gasteiger partial charge >= 0.3 is 0 Å². The lowest BCUT2D eigenvalue weighted by Gasteiger charge is -2.27. The van der Waals surface area contributed by atoms with Crippen LogP contribution in [0.3, 0.4) is 0 Å². The van der Waals surface area contributed by atoms with Gasteiger partial charge in [0.2, 0.25) is 0 Å². The summed E-state index contributed by atoms with van der Waals surface area (Å²) in [6.07, 6.45) is 6.22. The van der Waals surface area contributed by atoms with Crippen LogP contribution in [-0.4, -0.2) is 18.1 Å². The first-order chi connectivity index (χ1) is 6.70. The van der Waals surface area contributed by atoms with Crippen LogP contribution in [0.1, 0.15) is 19.8 Å². The van der Waals surface area contributed by atoms with Gasteiger partial charge < -0.3 is 10.6 Å². The Bertz CT molecular complexity index is 320. The molecule has 0 spiro atoms. The molecule has 0 aliphatic heterocycles. The van der Waals surface area contributed by atoms with Crippen LogP contribution in [0.2, 0.25) is 0 Å². The summed E-state index contributed by atoms with van der Waals surface area (Å²) in [4.78, 5) is 6.25. The molecule has 2 rings (SSSR count). The number of pyridine rings is 1. The number of rotatable bonds is 3. The summed E-state index contributed by atoms with van der Waals surface area (Å²) in [5.74, 6) is 0.854. The van der Waals surface area contributed by atoms with Gasteiger partial charge in [0, 0.05) is 19.3 Å². The Morgan fingerprint density at radius 2 is 2.29 bits per heavy atom. The Hall–Kier alpha value is -1.25. The molecule has 14 heavy (non-hydrogen) atoms. The average Bonchev–Trinajstić information content (AvgIpc) is 3.00. The lowest BCUT2D eigenvalue weighted by Crippen LogP contribution is -2.31.